The van der Waals surface area contributed by atoms with Crippen LogP contribution in [0.1, 0.15) is 0 Å². The summed E-state index contributed by atoms with van der Waals surface area (Å²) in [6.45, 7) is 0. The van der Waals surface area contributed by atoms with E-state index in [-0.39, 0.29) is 17.3 Å². The number of H-pyrrole nitrogens is 2. The van der Waals surface area contributed by atoms with Crippen LogP contribution in [0.4, 0.5) is 11.6 Å². The second kappa shape index (κ2) is 20.4. The molecule has 2 rings (SSSR count). The molecule has 0 radical (unpaired) electrons. The molecule has 0 aliphatic heterocycles. The predicted molar refractivity (Wildman–Crippen MR) is 153 cm³/mol. The Hall–Kier alpha value is -1.83. The Kier molecular flexibility index (Phi) is 19.3. The average molecular weight is 707 g/mol. The molecule has 4 N–H and O–H groups in total. The zero-order valence-corrected chi connectivity index (χ0v) is 25.1. The number of nitrogens with one attached hydrogen (secondary N) is 4. The summed E-state index contributed by atoms with van der Waals surface area (Å²) in [6, 6.07) is 7.20. The Balaban J connectivity index is 0.000000594. The maximum atomic E-state index is 8.50. The Morgan fingerprint density at radius 2 is 1.23 bits per heavy atom. The minimum atomic E-state index is -2.03. The van der Waals surface area contributed by atoms with Crippen LogP contribution in [0, 0.1) is 0 Å². The van der Waals surface area contributed by atoms with E-state index in [0.717, 1.165) is 23.9 Å². The molecule has 2 aromatic rings. The van der Waals surface area contributed by atoms with Gasteiger partial charge in [-0.1, -0.05) is 0 Å². The SMILES string of the molecule is [N-]=[N+]=NNC(=S)SN(C(=S)[S-])c1ccc[nH]1.[N-]=[N+]=NNC(=S)SN(C(=S)[S-])c1ccc[nH]1.[O]=[Mo+2]=[O]. The maximum absolute atomic E-state index is 8.50. The van der Waals surface area contributed by atoms with Gasteiger partial charge in [0.25, 0.3) is 0 Å². The molecule has 0 amide bonds. The van der Waals surface area contributed by atoms with E-state index in [4.69, 9.17) is 92.0 Å². The summed E-state index contributed by atoms with van der Waals surface area (Å²) < 4.78 is 21.0. The van der Waals surface area contributed by atoms with E-state index < -0.39 is 18.5 Å². The van der Waals surface area contributed by atoms with Crippen molar-refractivity contribution in [2.75, 3.05) is 8.61 Å². The van der Waals surface area contributed by atoms with Crippen LogP contribution in [0.2, 0.25) is 0 Å². The van der Waals surface area contributed by atoms with Crippen molar-refractivity contribution in [3.8, 4) is 0 Å². The number of hydrogen-bond acceptors (Lipinski definition) is 12. The fourth-order valence-electron chi connectivity index (χ4n) is 1.60. The molecule has 0 atom stereocenters. The molecule has 14 nitrogen and oxygen atoms in total. The summed E-state index contributed by atoms with van der Waals surface area (Å²) >= 11 is 29.5. The van der Waals surface area contributed by atoms with Crippen molar-refractivity contribution in [3.05, 3.63) is 57.5 Å². The van der Waals surface area contributed by atoms with Gasteiger partial charge in [0.05, 0.1) is 0 Å². The van der Waals surface area contributed by atoms with Gasteiger partial charge in [-0.05, 0) is 67.8 Å². The molecule has 35 heavy (non-hydrogen) atoms. The van der Waals surface area contributed by atoms with Gasteiger partial charge in [-0.15, -0.1) is 11.1 Å². The van der Waals surface area contributed by atoms with Crippen molar-refractivity contribution in [1.82, 2.24) is 20.8 Å². The molecule has 0 aliphatic carbocycles. The van der Waals surface area contributed by atoms with Gasteiger partial charge in [-0.2, -0.15) is 9.82 Å². The van der Waals surface area contributed by atoms with Gasteiger partial charge in [0.2, 0.25) is 8.64 Å². The van der Waals surface area contributed by atoms with Crippen LogP contribution in [0.25, 0.3) is 20.9 Å². The van der Waals surface area contributed by atoms with Gasteiger partial charge in [0.1, 0.15) is 11.6 Å². The number of nitrogens with zero attached hydrogens (tertiary/aromatic N) is 8. The van der Waals surface area contributed by atoms with Gasteiger partial charge in [0, 0.05) is 36.3 Å². The van der Waals surface area contributed by atoms with E-state index in [0.29, 0.717) is 11.6 Å². The van der Waals surface area contributed by atoms with Crippen molar-refractivity contribution in [1.29, 1.82) is 0 Å². The average Bonchev–Trinajstić information content (AvgIpc) is 3.53. The first-order valence-corrected chi connectivity index (χ1v) is 13.6. The number of aromatic nitrogens is 2. The van der Waals surface area contributed by atoms with Crippen molar-refractivity contribution in [2.24, 2.45) is 10.4 Å². The molecule has 0 spiro atoms. The van der Waals surface area contributed by atoms with Gasteiger partial charge in [-0.3, -0.25) is 8.61 Å². The number of thiocarbonyl (C=S) groups is 4. The Labute approximate surface area is 247 Å². The molecule has 0 aliphatic rings. The second-order valence-corrected chi connectivity index (χ2v) is 10.3. The molecule has 2 heterocycles. The van der Waals surface area contributed by atoms with Crippen LogP contribution in [-0.2, 0) is 50.5 Å². The predicted octanol–water partition coefficient (Wildman–Crippen LogP) is 4.56. The van der Waals surface area contributed by atoms with Crippen LogP contribution in [0.5, 0.6) is 0 Å². The molecule has 23 heteroatoms. The fourth-order valence-corrected chi connectivity index (χ4v) is 4.03. The zero-order chi connectivity index (χ0) is 26.6. The fraction of sp³-hybridized carbons (Fsp3) is 0. The summed E-state index contributed by atoms with van der Waals surface area (Å²) in [5.74, 6) is 1.41. The van der Waals surface area contributed by atoms with E-state index in [9.17, 15) is 0 Å². The molecule has 184 valence electrons. The van der Waals surface area contributed by atoms with Crippen LogP contribution in [0.15, 0.2) is 47.1 Å². The molecule has 0 saturated carbocycles. The number of hydrogen-bond donors (Lipinski definition) is 4. The topological polar surface area (TPSA) is 194 Å². The third-order valence-corrected chi connectivity index (χ3v) is 6.11. The summed E-state index contributed by atoms with van der Waals surface area (Å²) in [6.07, 6.45) is 3.47. The number of aromatic amines is 2. The van der Waals surface area contributed by atoms with Gasteiger partial charge < -0.3 is 59.7 Å². The normalized spacial score (nSPS) is 8.46. The molecular formula is C12H10MoN12O2S8. The van der Waals surface area contributed by atoms with Crippen LogP contribution < -0.4 is 19.5 Å². The van der Waals surface area contributed by atoms with E-state index in [2.05, 4.69) is 41.1 Å². The standard InChI is InChI=1S/2C6H6N6S4.Mo.2O/c2*7-10-11-9-5(13)16-12(6(14)15)4-2-1-3-8-4;;;/h2*1-3,8H,(H,9,13)(H,14,15);;;/q;;+2;;/p-2. The first kappa shape index (κ1) is 33.2. The molecule has 2 aromatic heterocycles. The Morgan fingerprint density at radius 3 is 1.46 bits per heavy atom. The second-order valence-electron chi connectivity index (χ2n) is 4.66. The van der Waals surface area contributed by atoms with E-state index in [1.807, 2.05) is 0 Å². The summed E-state index contributed by atoms with van der Waals surface area (Å²) in [5, 5.41) is 6.24. The summed E-state index contributed by atoms with van der Waals surface area (Å²) in [7, 11) is 0. The van der Waals surface area contributed by atoms with Crippen molar-refractivity contribution >= 4 is 127 Å². The minimum absolute atomic E-state index is 0.220. The monoisotopic (exact) mass is 708 g/mol. The van der Waals surface area contributed by atoms with Crippen molar-refractivity contribution in [2.45, 2.75) is 0 Å². The van der Waals surface area contributed by atoms with Gasteiger partial charge >= 0.3 is 25.3 Å². The molecule has 0 unspecified atom stereocenters. The van der Waals surface area contributed by atoms with Crippen LogP contribution >= 0.6 is 72.8 Å². The van der Waals surface area contributed by atoms with Crippen molar-refractivity contribution < 1.29 is 25.3 Å². The molecule has 0 aromatic carbocycles. The van der Waals surface area contributed by atoms with E-state index in [1.165, 1.54) is 8.61 Å². The molecule has 0 fully saturated rings. The Bertz CT molecular complexity index is 1030. The van der Waals surface area contributed by atoms with Crippen molar-refractivity contribution in [3.63, 3.8) is 0 Å². The van der Waals surface area contributed by atoms with E-state index >= 15 is 0 Å². The molecule has 0 bridgehead atoms. The molecular weight excluding hydrogens is 697 g/mol. The van der Waals surface area contributed by atoms with Gasteiger partial charge in [0.15, 0.2) is 0 Å². The summed E-state index contributed by atoms with van der Waals surface area (Å²) in [4.78, 5) is 10.9. The van der Waals surface area contributed by atoms with Crippen LogP contribution in [0.3, 0.4) is 0 Å². The zero-order valence-electron chi connectivity index (χ0n) is 16.5. The number of rotatable bonds is 4. The van der Waals surface area contributed by atoms with Crippen LogP contribution in [-0.4, -0.2) is 27.3 Å². The Morgan fingerprint density at radius 1 is 0.886 bits per heavy atom. The van der Waals surface area contributed by atoms with Gasteiger partial charge in [-0.25, -0.2) is 10.9 Å². The first-order chi connectivity index (χ1) is 16.7. The first-order valence-electron chi connectivity index (χ1n) is 7.96. The third-order valence-electron chi connectivity index (χ3n) is 2.65. The molecule has 0 saturated heterocycles. The quantitative estimate of drug-likeness (QED) is 0.0505. The summed E-state index contributed by atoms with van der Waals surface area (Å²) in [5.41, 5.74) is 20.8. The third kappa shape index (κ3) is 15.0. The number of azide groups is 2. The number of anilines is 2. The van der Waals surface area contributed by atoms with E-state index in [1.54, 1.807) is 36.7 Å².